The Balaban J connectivity index is 2.07. The van der Waals surface area contributed by atoms with Crippen molar-refractivity contribution in [3.63, 3.8) is 0 Å². The van der Waals surface area contributed by atoms with E-state index in [0.29, 0.717) is 0 Å². The lowest BCUT2D eigenvalue weighted by Gasteiger charge is -2.45. The van der Waals surface area contributed by atoms with Gasteiger partial charge in [-0.15, -0.1) is 0 Å². The van der Waals surface area contributed by atoms with E-state index in [4.69, 9.17) is 4.74 Å². The molecule has 1 aliphatic rings. The van der Waals surface area contributed by atoms with E-state index in [2.05, 4.69) is 30.9 Å². The molecular formula is C17H26N2O2. The standard InChI is InChI=1S/C17H26N2O2/c1-13-11-18(15-9-7-6-8-10-15)12-14(2)19(13)16(20)21-17(3,4)5/h6-10,13-14H,11-12H2,1-5H3. The zero-order valence-corrected chi connectivity index (χ0v) is 13.7. The number of amides is 1. The van der Waals surface area contributed by atoms with Gasteiger partial charge in [-0.05, 0) is 46.8 Å². The number of hydrogen-bond acceptors (Lipinski definition) is 3. The summed E-state index contributed by atoms with van der Waals surface area (Å²) in [6, 6.07) is 10.6. The minimum atomic E-state index is -0.451. The molecule has 0 bridgehead atoms. The van der Waals surface area contributed by atoms with Crippen molar-refractivity contribution < 1.29 is 9.53 Å². The number of carbonyl (C=O) groups excluding carboxylic acids is 1. The van der Waals surface area contributed by atoms with E-state index in [9.17, 15) is 4.79 Å². The Morgan fingerprint density at radius 3 is 2.10 bits per heavy atom. The second-order valence-electron chi connectivity index (χ2n) is 6.83. The van der Waals surface area contributed by atoms with Crippen LogP contribution in [0.1, 0.15) is 34.6 Å². The molecule has 1 amide bonds. The largest absolute Gasteiger partial charge is 0.444 e. The number of carbonyl (C=O) groups is 1. The molecule has 0 N–H and O–H groups in total. The molecule has 1 fully saturated rings. The summed E-state index contributed by atoms with van der Waals surface area (Å²) in [5.74, 6) is 0. The molecule has 2 rings (SSSR count). The van der Waals surface area contributed by atoms with Crippen molar-refractivity contribution in [3.8, 4) is 0 Å². The van der Waals surface area contributed by atoms with Gasteiger partial charge < -0.3 is 9.64 Å². The van der Waals surface area contributed by atoms with E-state index in [-0.39, 0.29) is 18.2 Å². The van der Waals surface area contributed by atoms with Gasteiger partial charge in [0, 0.05) is 18.8 Å². The first-order valence-electron chi connectivity index (χ1n) is 7.59. The van der Waals surface area contributed by atoms with Crippen LogP contribution < -0.4 is 4.90 Å². The third-order valence-corrected chi connectivity index (χ3v) is 3.64. The first-order valence-corrected chi connectivity index (χ1v) is 7.59. The fourth-order valence-electron chi connectivity index (χ4n) is 2.85. The molecule has 0 aromatic heterocycles. The lowest BCUT2D eigenvalue weighted by atomic mass is 10.1. The van der Waals surface area contributed by atoms with Crippen LogP contribution in [0.25, 0.3) is 0 Å². The maximum absolute atomic E-state index is 12.4. The van der Waals surface area contributed by atoms with Gasteiger partial charge in [0.2, 0.25) is 0 Å². The van der Waals surface area contributed by atoms with E-state index in [1.165, 1.54) is 5.69 Å². The van der Waals surface area contributed by atoms with E-state index in [1.807, 2.05) is 43.9 Å². The Labute approximate surface area is 127 Å². The van der Waals surface area contributed by atoms with Gasteiger partial charge in [-0.2, -0.15) is 0 Å². The molecule has 4 heteroatoms. The van der Waals surface area contributed by atoms with Gasteiger partial charge in [-0.3, -0.25) is 4.90 Å². The first-order chi connectivity index (χ1) is 9.78. The molecule has 1 aromatic rings. The zero-order chi connectivity index (χ0) is 15.6. The second-order valence-corrected chi connectivity index (χ2v) is 6.83. The number of piperazine rings is 1. The lowest BCUT2D eigenvalue weighted by Crippen LogP contribution is -2.59. The van der Waals surface area contributed by atoms with Crippen LogP contribution in [0.3, 0.4) is 0 Å². The summed E-state index contributed by atoms with van der Waals surface area (Å²) < 4.78 is 5.53. The molecular weight excluding hydrogens is 264 g/mol. The molecule has 1 aliphatic heterocycles. The summed E-state index contributed by atoms with van der Waals surface area (Å²) in [5, 5.41) is 0. The maximum Gasteiger partial charge on any atom is 0.410 e. The molecule has 116 valence electrons. The van der Waals surface area contributed by atoms with E-state index < -0.39 is 5.60 Å². The Hall–Kier alpha value is -1.71. The van der Waals surface area contributed by atoms with Gasteiger partial charge in [-0.1, -0.05) is 18.2 Å². The minimum Gasteiger partial charge on any atom is -0.444 e. The summed E-state index contributed by atoms with van der Waals surface area (Å²) in [6.45, 7) is 11.5. The monoisotopic (exact) mass is 290 g/mol. The van der Waals surface area contributed by atoms with Crippen molar-refractivity contribution in [3.05, 3.63) is 30.3 Å². The normalized spacial score (nSPS) is 23.1. The number of hydrogen-bond donors (Lipinski definition) is 0. The predicted octanol–water partition coefficient (Wildman–Crippen LogP) is 3.52. The zero-order valence-electron chi connectivity index (χ0n) is 13.7. The van der Waals surface area contributed by atoms with Crippen molar-refractivity contribution >= 4 is 11.8 Å². The summed E-state index contributed by atoms with van der Waals surface area (Å²) in [6.07, 6.45) is -0.213. The number of anilines is 1. The summed E-state index contributed by atoms with van der Waals surface area (Å²) in [7, 11) is 0. The predicted molar refractivity (Wildman–Crippen MR) is 85.7 cm³/mol. The smallest absolute Gasteiger partial charge is 0.410 e. The third-order valence-electron chi connectivity index (χ3n) is 3.64. The van der Waals surface area contributed by atoms with Crippen molar-refractivity contribution in [1.29, 1.82) is 0 Å². The Morgan fingerprint density at radius 1 is 1.10 bits per heavy atom. The van der Waals surface area contributed by atoms with Crippen LogP contribution >= 0.6 is 0 Å². The Morgan fingerprint density at radius 2 is 1.62 bits per heavy atom. The molecule has 0 radical (unpaired) electrons. The quantitative estimate of drug-likeness (QED) is 0.793. The highest BCUT2D eigenvalue weighted by molar-refractivity contribution is 5.69. The average Bonchev–Trinajstić information content (AvgIpc) is 2.36. The van der Waals surface area contributed by atoms with E-state index in [1.54, 1.807) is 0 Å². The maximum atomic E-state index is 12.4. The van der Waals surface area contributed by atoms with Gasteiger partial charge >= 0.3 is 6.09 Å². The minimum absolute atomic E-state index is 0.129. The molecule has 0 spiro atoms. The highest BCUT2D eigenvalue weighted by atomic mass is 16.6. The molecule has 1 saturated heterocycles. The Bertz CT molecular complexity index is 469. The average molecular weight is 290 g/mol. The molecule has 2 unspecified atom stereocenters. The lowest BCUT2D eigenvalue weighted by molar-refractivity contribution is 0.00566. The van der Waals surface area contributed by atoms with Crippen LogP contribution in [0, 0.1) is 0 Å². The van der Waals surface area contributed by atoms with Crippen LogP contribution in [0.5, 0.6) is 0 Å². The molecule has 0 aliphatic carbocycles. The highest BCUT2D eigenvalue weighted by Crippen LogP contribution is 2.24. The van der Waals surface area contributed by atoms with Crippen LogP contribution in [0.2, 0.25) is 0 Å². The molecule has 4 nitrogen and oxygen atoms in total. The van der Waals surface area contributed by atoms with Gasteiger partial charge in [0.15, 0.2) is 0 Å². The van der Waals surface area contributed by atoms with Gasteiger partial charge in [0.05, 0.1) is 12.1 Å². The van der Waals surface area contributed by atoms with Gasteiger partial charge in [0.25, 0.3) is 0 Å². The number of ether oxygens (including phenoxy) is 1. The van der Waals surface area contributed by atoms with Crippen molar-refractivity contribution in [1.82, 2.24) is 4.90 Å². The second kappa shape index (κ2) is 5.96. The van der Waals surface area contributed by atoms with E-state index >= 15 is 0 Å². The Kier molecular flexibility index (Phi) is 4.45. The van der Waals surface area contributed by atoms with Crippen LogP contribution in [0.4, 0.5) is 10.5 Å². The third kappa shape index (κ3) is 3.90. The number of nitrogens with zero attached hydrogens (tertiary/aromatic N) is 2. The van der Waals surface area contributed by atoms with Gasteiger partial charge in [0.1, 0.15) is 5.60 Å². The fraction of sp³-hybridized carbons (Fsp3) is 0.588. The highest BCUT2D eigenvalue weighted by Gasteiger charge is 2.35. The fourth-order valence-corrected chi connectivity index (χ4v) is 2.85. The molecule has 1 aromatic carbocycles. The number of para-hydroxylation sites is 1. The number of rotatable bonds is 1. The molecule has 1 heterocycles. The van der Waals surface area contributed by atoms with Crippen molar-refractivity contribution in [2.24, 2.45) is 0 Å². The van der Waals surface area contributed by atoms with E-state index in [0.717, 1.165) is 13.1 Å². The SMILES string of the molecule is CC1CN(c2ccccc2)CC(C)N1C(=O)OC(C)(C)C. The topological polar surface area (TPSA) is 32.8 Å². The summed E-state index contributed by atoms with van der Waals surface area (Å²) in [4.78, 5) is 16.6. The van der Waals surface area contributed by atoms with Crippen LogP contribution in [-0.4, -0.2) is 41.8 Å². The summed E-state index contributed by atoms with van der Waals surface area (Å²) in [5.41, 5.74) is 0.757. The molecule has 0 saturated carbocycles. The number of benzene rings is 1. The molecule has 21 heavy (non-hydrogen) atoms. The first kappa shape index (κ1) is 15.7. The van der Waals surface area contributed by atoms with Crippen LogP contribution in [-0.2, 0) is 4.74 Å². The van der Waals surface area contributed by atoms with Crippen LogP contribution in [0.15, 0.2) is 30.3 Å². The molecule has 2 atom stereocenters. The summed E-state index contributed by atoms with van der Waals surface area (Å²) >= 11 is 0. The van der Waals surface area contributed by atoms with Crippen molar-refractivity contribution in [2.45, 2.75) is 52.3 Å². The van der Waals surface area contributed by atoms with Crippen molar-refractivity contribution in [2.75, 3.05) is 18.0 Å². The van der Waals surface area contributed by atoms with Gasteiger partial charge in [-0.25, -0.2) is 4.79 Å².